The third kappa shape index (κ3) is 7.01. The number of carboxylic acid groups (broad SMARTS) is 1. The maximum atomic E-state index is 12.6. The van der Waals surface area contributed by atoms with E-state index >= 15 is 0 Å². The largest absolute Gasteiger partial charge is 0.490 e. The Morgan fingerprint density at radius 2 is 1.89 bits per heavy atom. The number of aromatic nitrogens is 1. The number of rotatable bonds is 4. The van der Waals surface area contributed by atoms with E-state index in [1.807, 2.05) is 36.1 Å². The summed E-state index contributed by atoms with van der Waals surface area (Å²) in [7, 11) is 0. The highest BCUT2D eigenvalue weighted by Crippen LogP contribution is 2.36. The normalized spacial score (nSPS) is 18.6. The minimum Gasteiger partial charge on any atom is -0.475 e. The van der Waals surface area contributed by atoms with Crippen LogP contribution in [0, 0.1) is 12.8 Å². The Morgan fingerprint density at radius 3 is 2.43 bits per heavy atom. The third-order valence-corrected chi connectivity index (χ3v) is 5.86. The third-order valence-electron chi connectivity index (χ3n) is 5.86. The van der Waals surface area contributed by atoms with E-state index < -0.39 is 12.1 Å². The van der Waals surface area contributed by atoms with Gasteiger partial charge < -0.3 is 20.1 Å². The number of benzene rings is 1. The number of ether oxygens (including phenoxy) is 1. The molecule has 1 spiro atoms. The summed E-state index contributed by atoms with van der Waals surface area (Å²) in [6.45, 7) is 4.49. The lowest BCUT2D eigenvalue weighted by molar-refractivity contribution is -0.192. The van der Waals surface area contributed by atoms with Crippen LogP contribution in [0.4, 0.5) is 13.2 Å². The number of aryl methyl sites for hydroxylation is 1. The van der Waals surface area contributed by atoms with Crippen LogP contribution in [0.5, 0.6) is 0 Å². The molecule has 8 nitrogen and oxygen atoms in total. The van der Waals surface area contributed by atoms with E-state index in [0.29, 0.717) is 37.7 Å². The quantitative estimate of drug-likeness (QED) is 0.678. The molecule has 1 atom stereocenters. The Labute approximate surface area is 200 Å². The van der Waals surface area contributed by atoms with Gasteiger partial charge in [0.2, 0.25) is 0 Å². The summed E-state index contributed by atoms with van der Waals surface area (Å²) < 4.78 is 37.9. The van der Waals surface area contributed by atoms with Crippen LogP contribution in [-0.4, -0.2) is 70.8 Å². The molecule has 2 aliphatic heterocycles. The number of hydrogen-bond donors (Lipinski definition) is 2. The number of carbonyl (C=O) groups excluding carboxylic acids is 2. The monoisotopic (exact) mass is 493 g/mol. The Balaban J connectivity index is 0.000000429. The molecule has 3 heterocycles. The van der Waals surface area contributed by atoms with Gasteiger partial charge in [0.1, 0.15) is 5.60 Å². The van der Waals surface area contributed by atoms with Crippen LogP contribution in [0.3, 0.4) is 0 Å². The topological polar surface area (TPSA) is 109 Å². The summed E-state index contributed by atoms with van der Waals surface area (Å²) in [5.41, 5.74) is 2.19. The summed E-state index contributed by atoms with van der Waals surface area (Å²) in [4.78, 5) is 39.4. The van der Waals surface area contributed by atoms with Crippen LogP contribution in [0.25, 0.3) is 0 Å². The summed E-state index contributed by atoms with van der Waals surface area (Å²) in [6.07, 6.45) is 0.0323. The van der Waals surface area contributed by atoms with Gasteiger partial charge in [-0.1, -0.05) is 17.7 Å². The van der Waals surface area contributed by atoms with E-state index in [9.17, 15) is 22.8 Å². The number of nitrogens with one attached hydrogen (secondary N) is 1. The minimum atomic E-state index is -5.08. The van der Waals surface area contributed by atoms with E-state index in [-0.39, 0.29) is 17.4 Å². The van der Waals surface area contributed by atoms with Crippen molar-refractivity contribution in [2.24, 2.45) is 5.92 Å². The smallest absolute Gasteiger partial charge is 0.475 e. The fraction of sp³-hybridized carbons (Fsp3) is 0.417. The molecule has 0 radical (unpaired) electrons. The van der Waals surface area contributed by atoms with Gasteiger partial charge >= 0.3 is 12.1 Å². The lowest BCUT2D eigenvalue weighted by atomic mass is 9.82. The molecule has 188 valence electrons. The fourth-order valence-electron chi connectivity index (χ4n) is 3.92. The number of carboxylic acids is 1. The first-order valence-corrected chi connectivity index (χ1v) is 11.0. The van der Waals surface area contributed by atoms with Crippen molar-refractivity contribution in [3.63, 3.8) is 0 Å². The second kappa shape index (κ2) is 10.9. The van der Waals surface area contributed by atoms with Gasteiger partial charge in [-0.15, -0.1) is 0 Å². The highest BCUT2D eigenvalue weighted by molar-refractivity contribution is 5.95. The summed E-state index contributed by atoms with van der Waals surface area (Å²) >= 11 is 0. The number of likely N-dealkylation sites (tertiary alicyclic amines) is 1. The van der Waals surface area contributed by atoms with Crippen molar-refractivity contribution in [1.29, 1.82) is 0 Å². The number of halogens is 3. The van der Waals surface area contributed by atoms with Crippen molar-refractivity contribution in [2.75, 3.05) is 26.2 Å². The van der Waals surface area contributed by atoms with E-state index in [4.69, 9.17) is 14.6 Å². The van der Waals surface area contributed by atoms with Gasteiger partial charge in [0.25, 0.3) is 11.8 Å². The molecule has 0 saturated carbocycles. The number of hydrogen-bond acceptors (Lipinski definition) is 5. The molecule has 4 rings (SSSR count). The molecule has 2 fully saturated rings. The molecule has 2 amide bonds. The van der Waals surface area contributed by atoms with Gasteiger partial charge in [0.15, 0.2) is 0 Å². The van der Waals surface area contributed by atoms with Crippen LogP contribution in [0.15, 0.2) is 48.8 Å². The SMILES string of the molecule is Cc1cccc(C(=O)N2CC3(CCC(CNC(=O)c4cccnc4)CO3)C2)c1.O=C(O)C(F)(F)F. The van der Waals surface area contributed by atoms with Crippen LogP contribution in [0.1, 0.15) is 39.1 Å². The maximum Gasteiger partial charge on any atom is 0.490 e. The molecule has 1 unspecified atom stereocenters. The molecule has 0 aliphatic carbocycles. The standard InChI is InChI=1S/C22H25N3O3.C2HF3O2/c1-16-4-2-5-18(10-16)21(27)25-14-22(15-25)8-7-17(13-28-22)11-24-20(26)19-6-3-9-23-12-19;3-2(4,5)1(6)7/h2-6,9-10,12,17H,7-8,11,13-15H2,1H3,(H,24,26);(H,6,7). The molecule has 2 saturated heterocycles. The minimum absolute atomic E-state index is 0.0729. The van der Waals surface area contributed by atoms with Gasteiger partial charge in [-0.05, 0) is 49.9 Å². The Morgan fingerprint density at radius 1 is 1.20 bits per heavy atom. The first-order valence-electron chi connectivity index (χ1n) is 11.0. The molecule has 1 aromatic carbocycles. The molecule has 11 heteroatoms. The van der Waals surface area contributed by atoms with Crippen molar-refractivity contribution in [1.82, 2.24) is 15.2 Å². The lowest BCUT2D eigenvalue weighted by Crippen LogP contribution is -2.66. The number of aliphatic carboxylic acids is 1. The highest BCUT2D eigenvalue weighted by atomic mass is 19.4. The first kappa shape index (κ1) is 26.1. The summed E-state index contributed by atoms with van der Waals surface area (Å²) in [5.74, 6) is -2.49. The maximum absolute atomic E-state index is 12.6. The fourth-order valence-corrected chi connectivity index (χ4v) is 3.92. The molecule has 1 aromatic heterocycles. The van der Waals surface area contributed by atoms with Crippen LogP contribution < -0.4 is 5.32 Å². The average molecular weight is 493 g/mol. The van der Waals surface area contributed by atoms with Crippen molar-refractivity contribution in [3.05, 3.63) is 65.5 Å². The number of nitrogens with zero attached hydrogens (tertiary/aromatic N) is 2. The van der Waals surface area contributed by atoms with E-state index in [1.165, 1.54) is 0 Å². The highest BCUT2D eigenvalue weighted by Gasteiger charge is 2.48. The van der Waals surface area contributed by atoms with Gasteiger partial charge in [0, 0.05) is 24.5 Å². The second-order valence-corrected chi connectivity index (χ2v) is 8.68. The second-order valence-electron chi connectivity index (χ2n) is 8.68. The van der Waals surface area contributed by atoms with Gasteiger partial charge in [-0.3, -0.25) is 14.6 Å². The molecular formula is C24H26F3N3O5. The van der Waals surface area contributed by atoms with Crippen LogP contribution >= 0.6 is 0 Å². The summed E-state index contributed by atoms with van der Waals surface area (Å²) in [6, 6.07) is 11.2. The molecule has 2 N–H and O–H groups in total. The Kier molecular flexibility index (Phi) is 8.11. The molecule has 2 aliphatic rings. The van der Waals surface area contributed by atoms with Crippen molar-refractivity contribution < 1.29 is 37.4 Å². The zero-order chi connectivity index (χ0) is 25.6. The van der Waals surface area contributed by atoms with E-state index in [1.54, 1.807) is 24.5 Å². The van der Waals surface area contributed by atoms with Crippen LogP contribution in [-0.2, 0) is 9.53 Å². The number of pyridine rings is 1. The zero-order valence-electron chi connectivity index (χ0n) is 19.0. The molecule has 35 heavy (non-hydrogen) atoms. The molecule has 2 aromatic rings. The van der Waals surface area contributed by atoms with Crippen molar-refractivity contribution in [3.8, 4) is 0 Å². The predicted molar refractivity (Wildman–Crippen MR) is 119 cm³/mol. The van der Waals surface area contributed by atoms with Gasteiger partial charge in [-0.25, -0.2) is 4.79 Å². The predicted octanol–water partition coefficient (Wildman–Crippen LogP) is 3.07. The van der Waals surface area contributed by atoms with E-state index in [2.05, 4.69) is 10.3 Å². The Hall–Kier alpha value is -3.47. The van der Waals surface area contributed by atoms with Crippen molar-refractivity contribution in [2.45, 2.75) is 31.5 Å². The van der Waals surface area contributed by atoms with Gasteiger partial charge in [0.05, 0.1) is 25.3 Å². The average Bonchev–Trinajstić information content (AvgIpc) is 2.81. The van der Waals surface area contributed by atoms with Crippen LogP contribution in [0.2, 0.25) is 0 Å². The first-order chi connectivity index (χ1) is 16.5. The number of alkyl halides is 3. The molecule has 0 bridgehead atoms. The Bertz CT molecular complexity index is 1050. The van der Waals surface area contributed by atoms with Gasteiger partial charge in [-0.2, -0.15) is 13.2 Å². The number of amides is 2. The summed E-state index contributed by atoms with van der Waals surface area (Å²) in [5, 5.41) is 10.1. The van der Waals surface area contributed by atoms with Crippen molar-refractivity contribution >= 4 is 17.8 Å². The zero-order valence-corrected chi connectivity index (χ0v) is 19.0. The molecular weight excluding hydrogens is 467 g/mol. The lowest BCUT2D eigenvalue weighted by Gasteiger charge is -2.52. The number of carbonyl (C=O) groups is 3. The van der Waals surface area contributed by atoms with E-state index in [0.717, 1.165) is 24.0 Å².